The number of nitrogens with zero attached hydrogens (tertiary/aromatic N) is 1. The molecule has 0 heterocycles. The van der Waals surface area contributed by atoms with E-state index in [4.69, 9.17) is 5.73 Å². The van der Waals surface area contributed by atoms with Crippen LogP contribution in [0.5, 0.6) is 5.75 Å². The highest BCUT2D eigenvalue weighted by atomic mass is 127. The molecule has 4 nitrogen and oxygen atoms in total. The topological polar surface area (TPSA) is 59.6 Å². The number of hydrogen-bond donors (Lipinski definition) is 2. The van der Waals surface area contributed by atoms with E-state index in [1.807, 2.05) is 0 Å². The van der Waals surface area contributed by atoms with Crippen LogP contribution in [0.1, 0.15) is 18.4 Å². The first-order valence-electron chi connectivity index (χ1n) is 7.52. The van der Waals surface area contributed by atoms with Crippen molar-refractivity contribution < 1.29 is 26.7 Å². The number of ether oxygens (including phenoxy) is 1. The van der Waals surface area contributed by atoms with Gasteiger partial charge in [-0.3, -0.25) is 4.99 Å². The molecule has 0 aliphatic carbocycles. The zero-order valence-electron chi connectivity index (χ0n) is 14.1. The van der Waals surface area contributed by atoms with Crippen molar-refractivity contribution in [2.24, 2.45) is 10.7 Å². The zero-order chi connectivity index (χ0) is 19.3. The van der Waals surface area contributed by atoms with E-state index in [1.165, 1.54) is 18.2 Å². The van der Waals surface area contributed by atoms with Crippen molar-refractivity contribution >= 4 is 35.6 Å². The SMILES string of the molecule is CC(CN=C(N)Nc1ccc(OC(F)(F)F)cc1)c1ccc(F)cc1F.I. The molecule has 27 heavy (non-hydrogen) atoms. The molecule has 0 fully saturated rings. The molecule has 0 amide bonds. The molecule has 2 aromatic carbocycles. The van der Waals surface area contributed by atoms with Gasteiger partial charge in [-0.05, 0) is 35.9 Å². The monoisotopic (exact) mass is 501 g/mol. The lowest BCUT2D eigenvalue weighted by molar-refractivity contribution is -0.274. The fourth-order valence-electron chi connectivity index (χ4n) is 2.16. The molecule has 2 aromatic rings. The van der Waals surface area contributed by atoms with Crippen molar-refractivity contribution in [3.05, 3.63) is 59.7 Å². The van der Waals surface area contributed by atoms with Crippen LogP contribution in [0, 0.1) is 11.6 Å². The van der Waals surface area contributed by atoms with E-state index < -0.39 is 18.0 Å². The van der Waals surface area contributed by atoms with Crippen molar-refractivity contribution in [3.63, 3.8) is 0 Å². The van der Waals surface area contributed by atoms with Gasteiger partial charge >= 0.3 is 6.36 Å². The second-order valence-electron chi connectivity index (χ2n) is 5.49. The zero-order valence-corrected chi connectivity index (χ0v) is 16.4. The van der Waals surface area contributed by atoms with E-state index in [-0.39, 0.29) is 48.1 Å². The first-order chi connectivity index (χ1) is 12.1. The van der Waals surface area contributed by atoms with Gasteiger partial charge in [-0.15, -0.1) is 37.1 Å². The summed E-state index contributed by atoms with van der Waals surface area (Å²) in [5.74, 6) is -2.04. The average molecular weight is 501 g/mol. The molecule has 148 valence electrons. The van der Waals surface area contributed by atoms with Gasteiger partial charge in [-0.25, -0.2) is 8.78 Å². The Morgan fingerprint density at radius 1 is 1.15 bits per heavy atom. The molecule has 0 aliphatic heterocycles. The summed E-state index contributed by atoms with van der Waals surface area (Å²) in [4.78, 5) is 4.05. The third kappa shape index (κ3) is 7.57. The third-order valence-electron chi connectivity index (χ3n) is 3.39. The number of halogens is 6. The summed E-state index contributed by atoms with van der Waals surface area (Å²) in [6.07, 6.45) is -4.76. The molecule has 0 spiro atoms. The van der Waals surface area contributed by atoms with Crippen LogP contribution in [-0.2, 0) is 0 Å². The maximum Gasteiger partial charge on any atom is 0.573 e. The lowest BCUT2D eigenvalue weighted by Gasteiger charge is -2.12. The summed E-state index contributed by atoms with van der Waals surface area (Å²) in [6.45, 7) is 1.84. The molecular formula is C17H17F5IN3O. The lowest BCUT2D eigenvalue weighted by atomic mass is 10.0. The van der Waals surface area contributed by atoms with E-state index in [0.717, 1.165) is 24.3 Å². The van der Waals surface area contributed by atoms with E-state index >= 15 is 0 Å². The highest BCUT2D eigenvalue weighted by molar-refractivity contribution is 14.0. The Morgan fingerprint density at radius 3 is 2.33 bits per heavy atom. The predicted molar refractivity (Wildman–Crippen MR) is 103 cm³/mol. The summed E-state index contributed by atoms with van der Waals surface area (Å²) in [5.41, 5.74) is 6.41. The second kappa shape index (κ2) is 9.72. The van der Waals surface area contributed by atoms with Crippen LogP contribution in [0.4, 0.5) is 27.6 Å². The average Bonchev–Trinajstić information content (AvgIpc) is 2.53. The third-order valence-corrected chi connectivity index (χ3v) is 3.39. The van der Waals surface area contributed by atoms with Crippen molar-refractivity contribution in [3.8, 4) is 5.75 Å². The van der Waals surface area contributed by atoms with Crippen LogP contribution in [-0.4, -0.2) is 18.9 Å². The van der Waals surface area contributed by atoms with Gasteiger partial charge in [0.15, 0.2) is 5.96 Å². The maximum atomic E-state index is 13.7. The Kier molecular flexibility index (Phi) is 8.25. The second-order valence-corrected chi connectivity index (χ2v) is 5.49. The Hall–Kier alpha value is -2.11. The number of nitrogens with one attached hydrogen (secondary N) is 1. The summed E-state index contributed by atoms with van der Waals surface area (Å²) >= 11 is 0. The number of aliphatic imine (C=N–C) groups is 1. The number of anilines is 1. The van der Waals surface area contributed by atoms with Crippen molar-refractivity contribution in [2.75, 3.05) is 11.9 Å². The van der Waals surface area contributed by atoms with Crippen LogP contribution in [0.25, 0.3) is 0 Å². The van der Waals surface area contributed by atoms with E-state index in [2.05, 4.69) is 15.0 Å². The molecule has 0 saturated carbocycles. The molecule has 10 heteroatoms. The molecule has 0 saturated heterocycles. The Balaban J connectivity index is 0.00000364. The Labute approximate surface area is 169 Å². The number of hydrogen-bond acceptors (Lipinski definition) is 2. The van der Waals surface area contributed by atoms with Crippen molar-refractivity contribution in [2.45, 2.75) is 19.2 Å². The van der Waals surface area contributed by atoms with Crippen LogP contribution in [0.3, 0.4) is 0 Å². The Bertz CT molecular complexity index is 781. The van der Waals surface area contributed by atoms with Gasteiger partial charge in [-0.1, -0.05) is 13.0 Å². The quantitative estimate of drug-likeness (QED) is 0.262. The molecule has 0 aliphatic rings. The predicted octanol–water partition coefficient (Wildman–Crippen LogP) is 5.01. The number of guanidine groups is 1. The molecule has 0 bridgehead atoms. The van der Waals surface area contributed by atoms with Gasteiger partial charge < -0.3 is 15.8 Å². The number of nitrogens with two attached hydrogens (primary N) is 1. The number of alkyl halides is 3. The van der Waals surface area contributed by atoms with E-state index in [1.54, 1.807) is 6.92 Å². The van der Waals surface area contributed by atoms with Gasteiger partial charge in [0.1, 0.15) is 17.4 Å². The van der Waals surface area contributed by atoms with Gasteiger partial charge in [0.2, 0.25) is 0 Å². The minimum absolute atomic E-state index is 0. The van der Waals surface area contributed by atoms with E-state index in [0.29, 0.717) is 11.3 Å². The van der Waals surface area contributed by atoms with Gasteiger partial charge in [0, 0.05) is 24.2 Å². The Morgan fingerprint density at radius 2 is 1.78 bits per heavy atom. The van der Waals surface area contributed by atoms with Gasteiger partial charge in [0.25, 0.3) is 0 Å². The summed E-state index contributed by atoms with van der Waals surface area (Å²) in [5, 5.41) is 2.70. The van der Waals surface area contributed by atoms with Crippen molar-refractivity contribution in [1.82, 2.24) is 0 Å². The molecule has 1 atom stereocenters. The van der Waals surface area contributed by atoms with Crippen LogP contribution < -0.4 is 15.8 Å². The lowest BCUT2D eigenvalue weighted by Crippen LogP contribution is -2.23. The highest BCUT2D eigenvalue weighted by Crippen LogP contribution is 2.24. The number of rotatable bonds is 5. The van der Waals surface area contributed by atoms with Gasteiger partial charge in [-0.2, -0.15) is 0 Å². The van der Waals surface area contributed by atoms with Crippen LogP contribution in [0.15, 0.2) is 47.5 Å². The molecule has 0 radical (unpaired) electrons. The fraction of sp³-hybridized carbons (Fsp3) is 0.235. The van der Waals surface area contributed by atoms with Crippen molar-refractivity contribution in [1.29, 1.82) is 0 Å². The van der Waals surface area contributed by atoms with Crippen LogP contribution in [0.2, 0.25) is 0 Å². The molecule has 0 aromatic heterocycles. The normalized spacial score (nSPS) is 12.9. The maximum absolute atomic E-state index is 13.7. The first-order valence-corrected chi connectivity index (χ1v) is 7.52. The summed E-state index contributed by atoms with van der Waals surface area (Å²) < 4.78 is 66.7. The minimum Gasteiger partial charge on any atom is -0.406 e. The fourth-order valence-corrected chi connectivity index (χ4v) is 2.16. The molecular weight excluding hydrogens is 484 g/mol. The van der Waals surface area contributed by atoms with E-state index in [9.17, 15) is 22.0 Å². The standard InChI is InChI=1S/C17H16F5N3O.HI/c1-10(14-7-2-11(18)8-15(14)19)9-24-16(23)25-12-3-5-13(6-4-12)26-17(20,21)22;/h2-8,10H,9H2,1H3,(H3,23,24,25);1H. The largest absolute Gasteiger partial charge is 0.573 e. The highest BCUT2D eigenvalue weighted by Gasteiger charge is 2.30. The summed E-state index contributed by atoms with van der Waals surface area (Å²) in [6, 6.07) is 8.22. The first kappa shape index (κ1) is 22.9. The van der Waals surface area contributed by atoms with Gasteiger partial charge in [0.05, 0.1) is 0 Å². The summed E-state index contributed by atoms with van der Waals surface area (Å²) in [7, 11) is 0. The molecule has 1 unspecified atom stereocenters. The molecule has 3 N–H and O–H groups in total. The smallest absolute Gasteiger partial charge is 0.406 e. The van der Waals surface area contributed by atoms with Crippen LogP contribution >= 0.6 is 24.0 Å². The minimum atomic E-state index is -4.76. The molecule has 2 rings (SSSR count). The number of benzene rings is 2.